The van der Waals surface area contributed by atoms with Gasteiger partial charge in [0, 0.05) is 19.0 Å². The molecule has 0 aliphatic carbocycles. The topological polar surface area (TPSA) is 52.0 Å². The van der Waals surface area contributed by atoms with E-state index in [0.717, 1.165) is 0 Å². The van der Waals surface area contributed by atoms with Crippen molar-refractivity contribution in [2.45, 2.75) is 25.3 Å². The van der Waals surface area contributed by atoms with E-state index in [1.807, 2.05) is 6.08 Å². The summed E-state index contributed by atoms with van der Waals surface area (Å²) in [5.74, 6) is 6.34. The molecule has 0 aliphatic rings. The summed E-state index contributed by atoms with van der Waals surface area (Å²) < 4.78 is 0. The summed E-state index contributed by atoms with van der Waals surface area (Å²) in [5, 5.41) is 2.53. The molecule has 0 fully saturated rings. The van der Waals surface area contributed by atoms with Crippen molar-refractivity contribution in [3.05, 3.63) is 60.2 Å². The Kier molecular flexibility index (Phi) is 5.57. The molecule has 0 aromatic heterocycles. The minimum Gasteiger partial charge on any atom is -0.327 e. The average Bonchev–Trinajstić information content (AvgIpc) is 2.53. The third kappa shape index (κ3) is 3.95. The Morgan fingerprint density at radius 2 is 1.90 bits per heavy atom. The highest BCUT2D eigenvalue weighted by Crippen LogP contribution is 2.27. The fourth-order valence-electron chi connectivity index (χ4n) is 2.42. The van der Waals surface area contributed by atoms with E-state index in [1.165, 1.54) is 16.3 Å². The van der Waals surface area contributed by atoms with Crippen LogP contribution in [0.15, 0.2) is 54.6 Å². The minimum absolute atomic E-state index is 0.0228. The molecule has 2 rings (SSSR count). The van der Waals surface area contributed by atoms with Crippen molar-refractivity contribution in [1.82, 2.24) is 0 Å². The van der Waals surface area contributed by atoms with Crippen molar-refractivity contribution < 1.29 is 0 Å². The lowest BCUT2D eigenvalue weighted by Gasteiger charge is -2.20. The summed E-state index contributed by atoms with van der Waals surface area (Å²) in [6, 6.07) is 14.8. The van der Waals surface area contributed by atoms with Gasteiger partial charge in [0.15, 0.2) is 0 Å². The van der Waals surface area contributed by atoms with Crippen molar-refractivity contribution in [3.63, 3.8) is 0 Å². The summed E-state index contributed by atoms with van der Waals surface area (Å²) in [5.41, 5.74) is 13.0. The summed E-state index contributed by atoms with van der Waals surface area (Å²) >= 11 is 0. The number of hydrogen-bond acceptors (Lipinski definition) is 2. The molecule has 4 N–H and O–H groups in total. The Morgan fingerprint density at radius 1 is 1.14 bits per heavy atom. The first-order valence-corrected chi connectivity index (χ1v) is 7.30. The first-order chi connectivity index (χ1) is 10.2. The maximum absolute atomic E-state index is 6.30. The van der Waals surface area contributed by atoms with Crippen LogP contribution in [0.5, 0.6) is 0 Å². The van der Waals surface area contributed by atoms with Gasteiger partial charge in [-0.3, -0.25) is 0 Å². The smallest absolute Gasteiger partial charge is 0.0250 e. The number of fused-ring (bicyclic) bond motifs is 1. The molecule has 0 heterocycles. The van der Waals surface area contributed by atoms with Crippen LogP contribution in [0.4, 0.5) is 0 Å². The normalized spacial score (nSPS) is 13.9. The Morgan fingerprint density at radius 3 is 2.71 bits per heavy atom. The second kappa shape index (κ2) is 7.64. The minimum atomic E-state index is 0.0228. The number of nitrogens with two attached hydrogens (primary N) is 2. The van der Waals surface area contributed by atoms with Gasteiger partial charge in [-0.15, -0.1) is 0 Å². The molecular weight excluding hydrogens is 256 g/mol. The Balaban J connectivity index is 2.15. The molecule has 108 valence electrons. The summed E-state index contributed by atoms with van der Waals surface area (Å²) in [6.45, 7) is 2.69. The van der Waals surface area contributed by atoms with Crippen LogP contribution in [0.1, 0.15) is 24.8 Å². The fraction of sp³-hybridized carbons (Fsp3) is 0.263. The molecule has 0 spiro atoms. The molecule has 2 unspecified atom stereocenters. The molecule has 0 bridgehead atoms. The van der Waals surface area contributed by atoms with Crippen molar-refractivity contribution in [2.75, 3.05) is 6.54 Å². The Hall–Kier alpha value is -2.08. The molecule has 21 heavy (non-hydrogen) atoms. The zero-order valence-corrected chi connectivity index (χ0v) is 12.4. The molecular formula is C19H22N2. The zero-order valence-electron chi connectivity index (χ0n) is 12.4. The second-order valence-corrected chi connectivity index (χ2v) is 5.18. The SMILES string of the molecule is CC(c1cccc2ccccc12)C(N)CC#CC=CCN. The van der Waals surface area contributed by atoms with Gasteiger partial charge in [0.05, 0.1) is 0 Å². The third-order valence-corrected chi connectivity index (χ3v) is 3.73. The summed E-state index contributed by atoms with van der Waals surface area (Å²) in [6.07, 6.45) is 4.31. The highest BCUT2D eigenvalue weighted by atomic mass is 14.6. The lowest BCUT2D eigenvalue weighted by molar-refractivity contribution is 0.583. The third-order valence-electron chi connectivity index (χ3n) is 3.73. The van der Waals surface area contributed by atoms with E-state index < -0.39 is 0 Å². The van der Waals surface area contributed by atoms with Gasteiger partial charge >= 0.3 is 0 Å². The summed E-state index contributed by atoms with van der Waals surface area (Å²) in [7, 11) is 0. The second-order valence-electron chi connectivity index (χ2n) is 5.18. The number of hydrogen-bond donors (Lipinski definition) is 2. The van der Waals surface area contributed by atoms with Crippen LogP contribution in [-0.2, 0) is 0 Å². The predicted molar refractivity (Wildman–Crippen MR) is 90.9 cm³/mol. The van der Waals surface area contributed by atoms with Crippen molar-refractivity contribution >= 4 is 10.8 Å². The zero-order chi connectivity index (χ0) is 15.1. The molecule has 2 atom stereocenters. The molecule has 2 aromatic carbocycles. The molecule has 0 saturated heterocycles. The van der Waals surface area contributed by atoms with Crippen LogP contribution in [0.25, 0.3) is 10.8 Å². The maximum Gasteiger partial charge on any atom is 0.0250 e. The van der Waals surface area contributed by atoms with Crippen LogP contribution in [0, 0.1) is 11.8 Å². The van der Waals surface area contributed by atoms with Crippen molar-refractivity contribution in [3.8, 4) is 11.8 Å². The highest BCUT2D eigenvalue weighted by molar-refractivity contribution is 5.86. The maximum atomic E-state index is 6.30. The van der Waals surface area contributed by atoms with Gasteiger partial charge < -0.3 is 11.5 Å². The molecule has 0 saturated carbocycles. The monoisotopic (exact) mass is 278 g/mol. The molecule has 2 nitrogen and oxygen atoms in total. The lowest BCUT2D eigenvalue weighted by atomic mass is 9.88. The Bertz CT molecular complexity index is 671. The van der Waals surface area contributed by atoms with E-state index in [0.29, 0.717) is 13.0 Å². The first kappa shape index (κ1) is 15.3. The fourth-order valence-corrected chi connectivity index (χ4v) is 2.42. The van der Waals surface area contributed by atoms with E-state index in [4.69, 9.17) is 11.5 Å². The van der Waals surface area contributed by atoms with Crippen LogP contribution in [0.2, 0.25) is 0 Å². The van der Waals surface area contributed by atoms with Crippen molar-refractivity contribution in [2.24, 2.45) is 11.5 Å². The van der Waals surface area contributed by atoms with Gasteiger partial charge in [-0.2, -0.15) is 0 Å². The lowest BCUT2D eigenvalue weighted by Crippen LogP contribution is -2.26. The van der Waals surface area contributed by atoms with Crippen LogP contribution >= 0.6 is 0 Å². The number of allylic oxidation sites excluding steroid dienone is 1. The largest absolute Gasteiger partial charge is 0.327 e. The van der Waals surface area contributed by atoms with E-state index in [-0.39, 0.29) is 12.0 Å². The Labute approximate surface area is 126 Å². The first-order valence-electron chi connectivity index (χ1n) is 7.30. The van der Waals surface area contributed by atoms with Crippen LogP contribution < -0.4 is 11.5 Å². The van der Waals surface area contributed by atoms with Crippen LogP contribution in [-0.4, -0.2) is 12.6 Å². The van der Waals surface area contributed by atoms with Gasteiger partial charge in [-0.05, 0) is 28.3 Å². The van der Waals surface area contributed by atoms with Gasteiger partial charge in [0.25, 0.3) is 0 Å². The molecule has 2 heteroatoms. The molecule has 0 radical (unpaired) electrons. The molecule has 0 amide bonds. The predicted octanol–water partition coefficient (Wildman–Crippen LogP) is 3.18. The van der Waals surface area contributed by atoms with Gasteiger partial charge in [0.1, 0.15) is 0 Å². The summed E-state index contributed by atoms with van der Waals surface area (Å²) in [4.78, 5) is 0. The van der Waals surface area contributed by atoms with E-state index in [9.17, 15) is 0 Å². The molecule has 2 aromatic rings. The average molecular weight is 278 g/mol. The van der Waals surface area contributed by atoms with Crippen LogP contribution in [0.3, 0.4) is 0 Å². The van der Waals surface area contributed by atoms with Gasteiger partial charge in [-0.1, -0.05) is 67.3 Å². The van der Waals surface area contributed by atoms with E-state index >= 15 is 0 Å². The van der Waals surface area contributed by atoms with Gasteiger partial charge in [-0.25, -0.2) is 0 Å². The van der Waals surface area contributed by atoms with Crippen molar-refractivity contribution in [1.29, 1.82) is 0 Å². The van der Waals surface area contributed by atoms with E-state index in [2.05, 4.69) is 61.2 Å². The quantitative estimate of drug-likeness (QED) is 0.844. The molecule has 0 aliphatic heterocycles. The van der Waals surface area contributed by atoms with E-state index in [1.54, 1.807) is 6.08 Å². The number of benzene rings is 2. The van der Waals surface area contributed by atoms with Gasteiger partial charge in [0.2, 0.25) is 0 Å². The number of rotatable bonds is 4. The highest BCUT2D eigenvalue weighted by Gasteiger charge is 2.15. The standard InChI is InChI=1S/C19H22N2/c1-15(19(21)13-4-2-3-7-14-20)17-12-8-10-16-9-5-6-11-18(16)17/h3,5-12,15,19H,13-14,20-21H2,1H3.